The number of anilines is 1. The number of Topliss-reactive ketones (excluding diaryl/α,β-unsaturated/α-hetero) is 1. The third-order valence-corrected chi connectivity index (χ3v) is 4.30. The molecule has 3 rings (SSSR count). The molecule has 0 saturated heterocycles. The molecule has 116 valence electrons. The molecule has 0 fully saturated rings. The molecule has 0 bridgehead atoms. The molecule has 1 N–H and O–H groups in total. The van der Waals surface area contributed by atoms with E-state index in [9.17, 15) is 9.59 Å². The molecule has 0 aliphatic heterocycles. The highest BCUT2D eigenvalue weighted by Gasteiger charge is 2.10. The summed E-state index contributed by atoms with van der Waals surface area (Å²) in [6.45, 7) is 1.80. The van der Waals surface area contributed by atoms with Crippen LogP contribution in [0.2, 0.25) is 0 Å². The Balaban J connectivity index is 1.80. The summed E-state index contributed by atoms with van der Waals surface area (Å²) in [5.41, 5.74) is 2.34. The van der Waals surface area contributed by atoms with Gasteiger partial charge in [-0.15, -0.1) is 0 Å². The maximum Gasteiger partial charge on any atom is 0.225 e. The second-order valence-corrected chi connectivity index (χ2v) is 6.10. The molecule has 2 heterocycles. The summed E-state index contributed by atoms with van der Waals surface area (Å²) in [5, 5.41) is 3.35. The highest BCUT2D eigenvalue weighted by Crippen LogP contribution is 2.27. The number of carbonyl (C=O) groups excluding carboxylic acids is 2. The van der Waals surface area contributed by atoms with E-state index in [1.165, 1.54) is 11.3 Å². The number of amides is 1. The zero-order valence-corrected chi connectivity index (χ0v) is 13.4. The SMILES string of the molecule is CCC(=O)Nc1nc2ccc(CC(=O)c3cccnc3)cc2s1. The van der Waals surface area contributed by atoms with Crippen LogP contribution >= 0.6 is 11.3 Å². The van der Waals surface area contributed by atoms with Gasteiger partial charge in [0.1, 0.15) is 0 Å². The third-order valence-electron chi connectivity index (χ3n) is 3.37. The van der Waals surface area contributed by atoms with Crippen LogP contribution in [0.3, 0.4) is 0 Å². The van der Waals surface area contributed by atoms with Crippen molar-refractivity contribution in [2.24, 2.45) is 0 Å². The first-order valence-corrected chi connectivity index (χ1v) is 8.10. The molecular formula is C17H15N3O2S. The number of nitrogens with one attached hydrogen (secondary N) is 1. The van der Waals surface area contributed by atoms with Gasteiger partial charge in [-0.05, 0) is 29.8 Å². The largest absolute Gasteiger partial charge is 0.302 e. The number of benzene rings is 1. The minimum atomic E-state index is -0.0592. The van der Waals surface area contributed by atoms with Gasteiger partial charge < -0.3 is 5.32 Å². The third kappa shape index (κ3) is 3.60. The number of nitrogens with zero attached hydrogens (tertiary/aromatic N) is 2. The number of carbonyl (C=O) groups is 2. The van der Waals surface area contributed by atoms with Gasteiger partial charge in [-0.2, -0.15) is 0 Å². The molecule has 0 atom stereocenters. The monoisotopic (exact) mass is 325 g/mol. The van der Waals surface area contributed by atoms with Crippen molar-refractivity contribution in [2.45, 2.75) is 19.8 Å². The van der Waals surface area contributed by atoms with E-state index in [0.717, 1.165) is 15.8 Å². The molecule has 0 spiro atoms. The first kappa shape index (κ1) is 15.3. The number of pyridine rings is 1. The van der Waals surface area contributed by atoms with Crippen LogP contribution in [0.1, 0.15) is 29.3 Å². The van der Waals surface area contributed by atoms with Crippen LogP contribution in [0.5, 0.6) is 0 Å². The van der Waals surface area contributed by atoms with Gasteiger partial charge in [-0.1, -0.05) is 24.3 Å². The molecule has 1 aromatic carbocycles. The Labute approximate surface area is 137 Å². The summed E-state index contributed by atoms with van der Waals surface area (Å²) < 4.78 is 0.952. The molecule has 6 heteroatoms. The van der Waals surface area contributed by atoms with Crippen molar-refractivity contribution in [1.82, 2.24) is 9.97 Å². The van der Waals surface area contributed by atoms with Crippen LogP contribution in [-0.2, 0) is 11.2 Å². The van der Waals surface area contributed by atoms with Crippen molar-refractivity contribution in [3.05, 3.63) is 53.9 Å². The summed E-state index contributed by atoms with van der Waals surface area (Å²) in [6.07, 6.45) is 3.95. The van der Waals surface area contributed by atoms with E-state index < -0.39 is 0 Å². The summed E-state index contributed by atoms with van der Waals surface area (Å²) >= 11 is 1.41. The van der Waals surface area contributed by atoms with Crippen molar-refractivity contribution in [3.8, 4) is 0 Å². The summed E-state index contributed by atoms with van der Waals surface area (Å²) in [7, 11) is 0. The average Bonchev–Trinajstić information content (AvgIpc) is 2.96. The quantitative estimate of drug-likeness (QED) is 0.729. The van der Waals surface area contributed by atoms with Gasteiger partial charge in [0, 0.05) is 30.8 Å². The van der Waals surface area contributed by atoms with Gasteiger partial charge in [-0.25, -0.2) is 4.98 Å². The second-order valence-electron chi connectivity index (χ2n) is 5.06. The topological polar surface area (TPSA) is 72.0 Å². The van der Waals surface area contributed by atoms with E-state index in [0.29, 0.717) is 23.5 Å². The Morgan fingerprint density at radius 1 is 1.26 bits per heavy atom. The van der Waals surface area contributed by atoms with Crippen molar-refractivity contribution in [2.75, 3.05) is 5.32 Å². The lowest BCUT2D eigenvalue weighted by atomic mass is 10.0. The van der Waals surface area contributed by atoms with E-state index >= 15 is 0 Å². The summed E-state index contributed by atoms with van der Waals surface area (Å²) in [5.74, 6) is -0.0301. The lowest BCUT2D eigenvalue weighted by Crippen LogP contribution is -2.08. The molecule has 2 aromatic heterocycles. The fourth-order valence-electron chi connectivity index (χ4n) is 2.16. The van der Waals surface area contributed by atoms with Gasteiger partial charge in [0.25, 0.3) is 0 Å². The zero-order valence-electron chi connectivity index (χ0n) is 12.6. The van der Waals surface area contributed by atoms with E-state index in [1.54, 1.807) is 31.5 Å². The molecule has 0 saturated carbocycles. The summed E-state index contributed by atoms with van der Waals surface area (Å²) in [6, 6.07) is 9.23. The fraction of sp³-hybridized carbons (Fsp3) is 0.176. The lowest BCUT2D eigenvalue weighted by Gasteiger charge is -2.01. The minimum absolute atomic E-state index is 0.0291. The second kappa shape index (κ2) is 6.66. The Bertz CT molecular complexity index is 859. The number of fused-ring (bicyclic) bond motifs is 1. The number of rotatable bonds is 5. The predicted molar refractivity (Wildman–Crippen MR) is 90.8 cm³/mol. The molecular weight excluding hydrogens is 310 g/mol. The van der Waals surface area contributed by atoms with Crippen LogP contribution in [0.15, 0.2) is 42.7 Å². The molecule has 1 amide bonds. The van der Waals surface area contributed by atoms with Gasteiger partial charge in [0.2, 0.25) is 5.91 Å². The van der Waals surface area contributed by atoms with E-state index in [1.807, 2.05) is 18.2 Å². The van der Waals surface area contributed by atoms with Gasteiger partial charge in [0.05, 0.1) is 10.2 Å². The summed E-state index contributed by atoms with van der Waals surface area (Å²) in [4.78, 5) is 32.0. The van der Waals surface area contributed by atoms with Crippen molar-refractivity contribution in [3.63, 3.8) is 0 Å². The number of ketones is 1. The normalized spacial score (nSPS) is 10.7. The highest BCUT2D eigenvalue weighted by atomic mass is 32.1. The highest BCUT2D eigenvalue weighted by molar-refractivity contribution is 7.22. The van der Waals surface area contributed by atoms with Crippen LogP contribution in [-0.4, -0.2) is 21.7 Å². The van der Waals surface area contributed by atoms with Crippen LogP contribution in [0.4, 0.5) is 5.13 Å². The number of aromatic nitrogens is 2. The maximum atomic E-state index is 12.2. The smallest absolute Gasteiger partial charge is 0.225 e. The van der Waals surface area contributed by atoms with Crippen LogP contribution < -0.4 is 5.32 Å². The number of hydrogen-bond acceptors (Lipinski definition) is 5. The molecule has 23 heavy (non-hydrogen) atoms. The van der Waals surface area contributed by atoms with Crippen LogP contribution in [0, 0.1) is 0 Å². The first-order chi connectivity index (χ1) is 11.2. The molecule has 5 nitrogen and oxygen atoms in total. The Morgan fingerprint density at radius 3 is 2.87 bits per heavy atom. The fourth-order valence-corrected chi connectivity index (χ4v) is 3.10. The molecule has 0 aliphatic rings. The standard InChI is InChI=1S/C17H15N3O2S/c1-2-16(22)20-17-19-13-6-5-11(9-15(13)23-17)8-14(21)12-4-3-7-18-10-12/h3-7,9-10H,2,8H2,1H3,(H,19,20,22). The maximum absolute atomic E-state index is 12.2. The van der Waals surface area contributed by atoms with E-state index in [-0.39, 0.29) is 11.7 Å². The van der Waals surface area contributed by atoms with Crippen molar-refractivity contribution >= 4 is 38.4 Å². The Kier molecular flexibility index (Phi) is 4.43. The Hall–Kier alpha value is -2.60. The first-order valence-electron chi connectivity index (χ1n) is 7.28. The minimum Gasteiger partial charge on any atom is -0.302 e. The van der Waals surface area contributed by atoms with Gasteiger partial charge in [0.15, 0.2) is 10.9 Å². The Morgan fingerprint density at radius 2 is 2.13 bits per heavy atom. The van der Waals surface area contributed by atoms with Crippen molar-refractivity contribution < 1.29 is 9.59 Å². The van der Waals surface area contributed by atoms with Crippen LogP contribution in [0.25, 0.3) is 10.2 Å². The van der Waals surface area contributed by atoms with E-state index in [4.69, 9.17) is 0 Å². The van der Waals surface area contributed by atoms with Crippen molar-refractivity contribution in [1.29, 1.82) is 0 Å². The molecule has 0 aliphatic carbocycles. The van der Waals surface area contributed by atoms with E-state index in [2.05, 4.69) is 15.3 Å². The zero-order chi connectivity index (χ0) is 16.2. The number of hydrogen-bond donors (Lipinski definition) is 1. The molecule has 0 radical (unpaired) electrons. The predicted octanol–water partition coefficient (Wildman–Crippen LogP) is 3.47. The molecule has 0 unspecified atom stereocenters. The average molecular weight is 325 g/mol. The molecule has 3 aromatic rings. The lowest BCUT2D eigenvalue weighted by molar-refractivity contribution is -0.115. The van der Waals surface area contributed by atoms with Gasteiger partial charge >= 0.3 is 0 Å². The number of thiazole rings is 1. The van der Waals surface area contributed by atoms with Gasteiger partial charge in [-0.3, -0.25) is 14.6 Å².